The first-order valence-corrected chi connectivity index (χ1v) is 8.82. The quantitative estimate of drug-likeness (QED) is 0.737. The lowest BCUT2D eigenvalue weighted by molar-refractivity contribution is -0.134. The van der Waals surface area contributed by atoms with Crippen molar-refractivity contribution >= 4 is 11.8 Å². The minimum absolute atomic E-state index is 0.00707. The zero-order valence-electron chi connectivity index (χ0n) is 16.0. The van der Waals surface area contributed by atoms with Crippen LogP contribution in [0.15, 0.2) is 48.5 Å². The van der Waals surface area contributed by atoms with Crippen molar-refractivity contribution < 1.29 is 19.1 Å². The third kappa shape index (κ3) is 7.01. The summed E-state index contributed by atoms with van der Waals surface area (Å²) in [6, 6.07) is 15.1. The third-order valence-corrected chi connectivity index (χ3v) is 4.04. The van der Waals surface area contributed by atoms with E-state index in [2.05, 4.69) is 5.32 Å². The summed E-state index contributed by atoms with van der Waals surface area (Å²) < 4.78 is 10.7. The van der Waals surface area contributed by atoms with Crippen LogP contribution in [0.3, 0.4) is 0 Å². The molecule has 0 radical (unpaired) electrons. The van der Waals surface area contributed by atoms with Crippen LogP contribution in [0.2, 0.25) is 0 Å². The lowest BCUT2D eigenvalue weighted by Crippen LogP contribution is -2.41. The lowest BCUT2D eigenvalue weighted by Gasteiger charge is -2.20. The molecule has 0 saturated carbocycles. The third-order valence-electron chi connectivity index (χ3n) is 4.04. The van der Waals surface area contributed by atoms with Gasteiger partial charge < -0.3 is 19.7 Å². The van der Waals surface area contributed by atoms with Gasteiger partial charge in [0, 0.05) is 13.5 Å². The van der Waals surface area contributed by atoms with E-state index >= 15 is 0 Å². The van der Waals surface area contributed by atoms with Crippen LogP contribution in [0.4, 0.5) is 0 Å². The van der Waals surface area contributed by atoms with Crippen molar-refractivity contribution in [3.8, 4) is 11.5 Å². The van der Waals surface area contributed by atoms with Crippen LogP contribution < -0.4 is 14.8 Å². The number of amides is 2. The fourth-order valence-electron chi connectivity index (χ4n) is 2.55. The highest BCUT2D eigenvalue weighted by atomic mass is 16.5. The van der Waals surface area contributed by atoms with Gasteiger partial charge in [-0.15, -0.1) is 0 Å². The number of hydrogen-bond donors (Lipinski definition) is 1. The minimum atomic E-state index is -0.198. The Kier molecular flexibility index (Phi) is 7.67. The number of ether oxygens (including phenoxy) is 2. The Morgan fingerprint density at radius 2 is 1.78 bits per heavy atom. The highest BCUT2D eigenvalue weighted by Crippen LogP contribution is 2.16. The molecule has 0 aromatic heterocycles. The molecular formula is C21H26N2O4. The van der Waals surface area contributed by atoms with Gasteiger partial charge in [-0.25, -0.2) is 0 Å². The van der Waals surface area contributed by atoms with Crippen LogP contribution in [0.1, 0.15) is 18.1 Å². The number of methoxy groups -OCH3 is 1. The van der Waals surface area contributed by atoms with E-state index in [1.54, 1.807) is 31.4 Å². The summed E-state index contributed by atoms with van der Waals surface area (Å²) in [5, 5.41) is 2.84. The monoisotopic (exact) mass is 370 g/mol. The summed E-state index contributed by atoms with van der Waals surface area (Å²) in [7, 11) is 1.60. The largest absolute Gasteiger partial charge is 0.497 e. The molecule has 0 bridgehead atoms. The topological polar surface area (TPSA) is 67.9 Å². The number of nitrogens with one attached hydrogen (secondary N) is 1. The summed E-state index contributed by atoms with van der Waals surface area (Å²) in [6.45, 7) is 4.53. The molecule has 144 valence electrons. The number of rotatable bonds is 9. The predicted molar refractivity (Wildman–Crippen MR) is 104 cm³/mol. The molecule has 6 nitrogen and oxygen atoms in total. The zero-order valence-corrected chi connectivity index (χ0v) is 16.0. The van der Waals surface area contributed by atoms with Crippen molar-refractivity contribution in [1.82, 2.24) is 10.2 Å². The Morgan fingerprint density at radius 1 is 1.07 bits per heavy atom. The number of carbonyl (C=O) groups excluding carboxylic acids is 2. The average molecular weight is 370 g/mol. The van der Waals surface area contributed by atoms with E-state index in [0.717, 1.165) is 16.9 Å². The normalized spacial score (nSPS) is 10.2. The zero-order chi connectivity index (χ0) is 19.6. The maximum absolute atomic E-state index is 12.2. The highest BCUT2D eigenvalue weighted by molar-refractivity contribution is 5.83. The molecule has 6 heteroatoms. The Morgan fingerprint density at radius 3 is 2.41 bits per heavy atom. The van der Waals surface area contributed by atoms with E-state index in [1.807, 2.05) is 31.2 Å². The highest BCUT2D eigenvalue weighted by Gasteiger charge is 2.13. The molecule has 27 heavy (non-hydrogen) atoms. The van der Waals surface area contributed by atoms with Crippen molar-refractivity contribution in [2.45, 2.75) is 20.4 Å². The van der Waals surface area contributed by atoms with E-state index in [9.17, 15) is 9.59 Å². The molecule has 0 unspecified atom stereocenters. The lowest BCUT2D eigenvalue weighted by atomic mass is 10.1. The smallest absolute Gasteiger partial charge is 0.239 e. The molecular weight excluding hydrogens is 344 g/mol. The standard InChI is InChI=1S/C21H26N2O4/c1-16-5-4-6-18(13-16)14-22-21(25)15-23(17(2)24)11-12-27-20-9-7-19(26-3)8-10-20/h4-10,13H,11-12,14-15H2,1-3H3,(H,22,25). The molecule has 2 aromatic carbocycles. The van der Waals surface area contributed by atoms with Crippen LogP contribution in [0, 0.1) is 6.92 Å². The second-order valence-corrected chi connectivity index (χ2v) is 6.23. The summed E-state index contributed by atoms with van der Waals surface area (Å²) >= 11 is 0. The first-order chi connectivity index (χ1) is 13.0. The first kappa shape index (κ1) is 20.3. The Bertz CT molecular complexity index is 759. The van der Waals surface area contributed by atoms with Crippen LogP contribution >= 0.6 is 0 Å². The molecule has 0 aliphatic carbocycles. The maximum Gasteiger partial charge on any atom is 0.239 e. The van der Waals surface area contributed by atoms with Gasteiger partial charge in [-0.05, 0) is 36.8 Å². The van der Waals surface area contributed by atoms with Gasteiger partial charge in [0.2, 0.25) is 11.8 Å². The van der Waals surface area contributed by atoms with Gasteiger partial charge in [-0.1, -0.05) is 29.8 Å². The molecule has 0 aliphatic rings. The van der Waals surface area contributed by atoms with E-state index < -0.39 is 0 Å². The van der Waals surface area contributed by atoms with Gasteiger partial charge in [-0.2, -0.15) is 0 Å². The molecule has 1 N–H and O–H groups in total. The number of carbonyl (C=O) groups is 2. The van der Waals surface area contributed by atoms with E-state index in [1.165, 1.54) is 11.8 Å². The molecule has 0 fully saturated rings. The average Bonchev–Trinajstić information content (AvgIpc) is 2.66. The maximum atomic E-state index is 12.2. The fraction of sp³-hybridized carbons (Fsp3) is 0.333. The fourth-order valence-corrected chi connectivity index (χ4v) is 2.55. The molecule has 2 amide bonds. The van der Waals surface area contributed by atoms with E-state index in [0.29, 0.717) is 25.4 Å². The number of hydrogen-bond acceptors (Lipinski definition) is 4. The van der Waals surface area contributed by atoms with Crippen LogP contribution in [-0.2, 0) is 16.1 Å². The molecule has 0 heterocycles. The van der Waals surface area contributed by atoms with Crippen LogP contribution in [-0.4, -0.2) is 43.5 Å². The molecule has 0 atom stereocenters. The Hall–Kier alpha value is -3.02. The van der Waals surface area contributed by atoms with Crippen molar-refractivity contribution in [3.63, 3.8) is 0 Å². The second kappa shape index (κ2) is 10.2. The van der Waals surface area contributed by atoms with Crippen molar-refractivity contribution in [2.24, 2.45) is 0 Å². The summed E-state index contributed by atoms with van der Waals surface area (Å²) in [4.78, 5) is 25.4. The van der Waals surface area contributed by atoms with Gasteiger partial charge in [0.25, 0.3) is 0 Å². The molecule has 2 aromatic rings. The molecule has 0 saturated heterocycles. The molecule has 0 aliphatic heterocycles. The molecule has 2 rings (SSSR count). The van der Waals surface area contributed by atoms with Crippen molar-refractivity contribution in [2.75, 3.05) is 26.8 Å². The summed E-state index contributed by atoms with van der Waals surface area (Å²) in [5.74, 6) is 1.07. The van der Waals surface area contributed by atoms with E-state index in [-0.39, 0.29) is 18.4 Å². The Balaban J connectivity index is 1.78. The van der Waals surface area contributed by atoms with Gasteiger partial charge in [0.1, 0.15) is 18.1 Å². The Labute approximate surface area is 160 Å². The number of aryl methyl sites for hydroxylation is 1. The van der Waals surface area contributed by atoms with Gasteiger partial charge in [-0.3, -0.25) is 9.59 Å². The van der Waals surface area contributed by atoms with Crippen LogP contribution in [0.5, 0.6) is 11.5 Å². The summed E-state index contributed by atoms with van der Waals surface area (Å²) in [6.07, 6.45) is 0. The van der Waals surface area contributed by atoms with Crippen molar-refractivity contribution in [3.05, 3.63) is 59.7 Å². The van der Waals surface area contributed by atoms with Gasteiger partial charge in [0.15, 0.2) is 0 Å². The van der Waals surface area contributed by atoms with Crippen LogP contribution in [0.25, 0.3) is 0 Å². The summed E-state index contributed by atoms with van der Waals surface area (Å²) in [5.41, 5.74) is 2.17. The van der Waals surface area contributed by atoms with Crippen molar-refractivity contribution in [1.29, 1.82) is 0 Å². The second-order valence-electron chi connectivity index (χ2n) is 6.23. The van der Waals surface area contributed by atoms with E-state index in [4.69, 9.17) is 9.47 Å². The van der Waals surface area contributed by atoms with Gasteiger partial charge in [0.05, 0.1) is 20.2 Å². The number of nitrogens with zero attached hydrogens (tertiary/aromatic N) is 1. The number of benzene rings is 2. The first-order valence-electron chi connectivity index (χ1n) is 8.82. The van der Waals surface area contributed by atoms with Gasteiger partial charge >= 0.3 is 0 Å². The minimum Gasteiger partial charge on any atom is -0.497 e. The predicted octanol–water partition coefficient (Wildman–Crippen LogP) is 2.55. The molecule has 0 spiro atoms. The SMILES string of the molecule is COc1ccc(OCCN(CC(=O)NCc2cccc(C)c2)C(C)=O)cc1.